The van der Waals surface area contributed by atoms with E-state index in [1.165, 1.54) is 5.56 Å². The Morgan fingerprint density at radius 1 is 1.15 bits per heavy atom. The third-order valence-electron chi connectivity index (χ3n) is 3.72. The summed E-state index contributed by atoms with van der Waals surface area (Å²) in [6.07, 6.45) is 1.75. The summed E-state index contributed by atoms with van der Waals surface area (Å²) in [5.41, 5.74) is 10.5. The minimum absolute atomic E-state index is 0.0337. The van der Waals surface area contributed by atoms with Gasteiger partial charge >= 0.3 is 0 Å². The molecule has 20 heavy (non-hydrogen) atoms. The molecular formula is C16H24N4. The van der Waals surface area contributed by atoms with Gasteiger partial charge in [-0.05, 0) is 36.5 Å². The topological polar surface area (TPSA) is 56.7 Å². The molecule has 4 heteroatoms. The van der Waals surface area contributed by atoms with Crippen LogP contribution < -0.4 is 5.73 Å². The van der Waals surface area contributed by atoms with Crippen LogP contribution in [0.5, 0.6) is 0 Å². The maximum atomic E-state index is 6.11. The van der Waals surface area contributed by atoms with E-state index in [-0.39, 0.29) is 6.04 Å². The van der Waals surface area contributed by atoms with Gasteiger partial charge in [-0.2, -0.15) is 0 Å². The second kappa shape index (κ2) is 6.18. The highest BCUT2D eigenvalue weighted by molar-refractivity contribution is 5.37. The second-order valence-corrected chi connectivity index (χ2v) is 5.45. The minimum Gasteiger partial charge on any atom is -0.323 e. The summed E-state index contributed by atoms with van der Waals surface area (Å²) in [5.74, 6) is 0.537. The monoisotopic (exact) mass is 272 g/mol. The number of nitrogens with two attached hydrogens (primary N) is 1. The number of hydrogen-bond donors (Lipinski definition) is 1. The minimum atomic E-state index is -0.0337. The molecule has 108 valence electrons. The highest BCUT2D eigenvalue weighted by Gasteiger charge is 2.17. The van der Waals surface area contributed by atoms with Crippen LogP contribution in [0, 0.1) is 0 Å². The largest absolute Gasteiger partial charge is 0.323 e. The van der Waals surface area contributed by atoms with Crippen molar-refractivity contribution in [3.05, 3.63) is 41.2 Å². The van der Waals surface area contributed by atoms with Crippen molar-refractivity contribution in [1.29, 1.82) is 0 Å². The van der Waals surface area contributed by atoms with Gasteiger partial charge in [0.1, 0.15) is 5.69 Å². The van der Waals surface area contributed by atoms with E-state index in [2.05, 4.69) is 62.3 Å². The first-order valence-electron chi connectivity index (χ1n) is 7.38. The predicted molar refractivity (Wildman–Crippen MR) is 82.0 cm³/mol. The third kappa shape index (κ3) is 2.75. The summed E-state index contributed by atoms with van der Waals surface area (Å²) in [5, 5.41) is 8.57. The van der Waals surface area contributed by atoms with Crippen molar-refractivity contribution in [2.75, 3.05) is 0 Å². The van der Waals surface area contributed by atoms with Gasteiger partial charge in [0.05, 0.1) is 17.4 Å². The average molecular weight is 272 g/mol. The third-order valence-corrected chi connectivity index (χ3v) is 3.72. The molecule has 2 rings (SSSR count). The second-order valence-electron chi connectivity index (χ2n) is 5.45. The molecule has 1 aromatic heterocycles. The first-order valence-corrected chi connectivity index (χ1v) is 7.38. The predicted octanol–water partition coefficient (Wildman–Crippen LogP) is 3.36. The lowest BCUT2D eigenvalue weighted by Gasteiger charge is -2.10. The molecule has 0 fully saturated rings. The fourth-order valence-electron chi connectivity index (χ4n) is 2.33. The molecule has 0 spiro atoms. The molecule has 0 saturated carbocycles. The van der Waals surface area contributed by atoms with Crippen molar-refractivity contribution in [1.82, 2.24) is 15.0 Å². The van der Waals surface area contributed by atoms with Gasteiger partial charge in [0, 0.05) is 0 Å². The summed E-state index contributed by atoms with van der Waals surface area (Å²) >= 11 is 0. The quantitative estimate of drug-likeness (QED) is 0.908. The van der Waals surface area contributed by atoms with E-state index < -0.39 is 0 Å². The van der Waals surface area contributed by atoms with E-state index in [0.29, 0.717) is 5.92 Å². The molecule has 0 aliphatic rings. The van der Waals surface area contributed by atoms with Gasteiger partial charge in [0.25, 0.3) is 0 Å². The molecule has 1 aromatic carbocycles. The Labute approximate surface area is 121 Å². The Hall–Kier alpha value is -1.68. The highest BCUT2D eigenvalue weighted by Crippen LogP contribution is 2.21. The van der Waals surface area contributed by atoms with E-state index in [9.17, 15) is 0 Å². The standard InChI is InChI=1S/C16H24N4/c1-5-14(17)16-15(6-2)20(19-18-16)13-9-7-12(8-10-13)11(3)4/h7-11,14H,5-6,17H2,1-4H3. The number of hydrogen-bond acceptors (Lipinski definition) is 3. The van der Waals surface area contributed by atoms with Crippen LogP contribution in [0.1, 0.15) is 63.0 Å². The van der Waals surface area contributed by atoms with Crippen molar-refractivity contribution in [2.24, 2.45) is 5.73 Å². The molecule has 4 nitrogen and oxygen atoms in total. The van der Waals surface area contributed by atoms with Gasteiger partial charge in [-0.1, -0.05) is 45.0 Å². The van der Waals surface area contributed by atoms with E-state index >= 15 is 0 Å². The smallest absolute Gasteiger partial charge is 0.103 e. The Kier molecular flexibility index (Phi) is 4.55. The van der Waals surface area contributed by atoms with E-state index in [1.807, 2.05) is 4.68 Å². The van der Waals surface area contributed by atoms with Gasteiger partial charge in [-0.15, -0.1) is 5.10 Å². The molecule has 1 unspecified atom stereocenters. The zero-order valence-corrected chi connectivity index (χ0v) is 12.8. The Bertz CT molecular complexity index is 554. The van der Waals surface area contributed by atoms with Crippen molar-refractivity contribution >= 4 is 0 Å². The van der Waals surface area contributed by atoms with Crippen LogP contribution in [0.2, 0.25) is 0 Å². The summed E-state index contributed by atoms with van der Waals surface area (Å²) in [7, 11) is 0. The molecule has 0 radical (unpaired) electrons. The van der Waals surface area contributed by atoms with Crippen LogP contribution >= 0.6 is 0 Å². The molecule has 0 aliphatic carbocycles. The van der Waals surface area contributed by atoms with Crippen molar-refractivity contribution in [3.63, 3.8) is 0 Å². The van der Waals surface area contributed by atoms with Crippen LogP contribution in [0.4, 0.5) is 0 Å². The molecular weight excluding hydrogens is 248 g/mol. The zero-order chi connectivity index (χ0) is 14.7. The lowest BCUT2D eigenvalue weighted by molar-refractivity contribution is 0.665. The van der Waals surface area contributed by atoms with Gasteiger partial charge in [-0.3, -0.25) is 0 Å². The molecule has 2 N–H and O–H groups in total. The lowest BCUT2D eigenvalue weighted by Crippen LogP contribution is -2.12. The molecule has 0 saturated heterocycles. The number of benzene rings is 1. The highest BCUT2D eigenvalue weighted by atomic mass is 15.4. The summed E-state index contributed by atoms with van der Waals surface area (Å²) in [4.78, 5) is 0. The molecule has 0 amide bonds. The van der Waals surface area contributed by atoms with Crippen LogP contribution in [-0.2, 0) is 6.42 Å². The number of nitrogens with zero attached hydrogens (tertiary/aromatic N) is 3. The van der Waals surface area contributed by atoms with Crippen molar-refractivity contribution in [3.8, 4) is 5.69 Å². The van der Waals surface area contributed by atoms with Gasteiger partial charge in [-0.25, -0.2) is 4.68 Å². The Morgan fingerprint density at radius 3 is 2.30 bits per heavy atom. The van der Waals surface area contributed by atoms with E-state index in [0.717, 1.165) is 29.9 Å². The average Bonchev–Trinajstić information content (AvgIpc) is 2.90. The fourth-order valence-corrected chi connectivity index (χ4v) is 2.33. The van der Waals surface area contributed by atoms with Gasteiger partial charge in [0.2, 0.25) is 0 Å². The van der Waals surface area contributed by atoms with Crippen molar-refractivity contribution in [2.45, 2.75) is 52.5 Å². The van der Waals surface area contributed by atoms with E-state index in [1.54, 1.807) is 0 Å². The number of aromatic nitrogens is 3. The molecule has 1 heterocycles. The normalized spacial score (nSPS) is 12.9. The maximum absolute atomic E-state index is 6.11. The Morgan fingerprint density at radius 2 is 1.80 bits per heavy atom. The van der Waals surface area contributed by atoms with Crippen molar-refractivity contribution < 1.29 is 0 Å². The van der Waals surface area contributed by atoms with Crippen LogP contribution in [0.15, 0.2) is 24.3 Å². The van der Waals surface area contributed by atoms with E-state index in [4.69, 9.17) is 5.73 Å². The first kappa shape index (κ1) is 14.7. The summed E-state index contributed by atoms with van der Waals surface area (Å²) in [6, 6.07) is 8.48. The summed E-state index contributed by atoms with van der Waals surface area (Å²) in [6.45, 7) is 8.57. The van der Waals surface area contributed by atoms with Gasteiger partial charge in [0.15, 0.2) is 0 Å². The molecule has 0 bridgehead atoms. The summed E-state index contributed by atoms with van der Waals surface area (Å²) < 4.78 is 1.91. The van der Waals surface area contributed by atoms with Crippen LogP contribution in [0.3, 0.4) is 0 Å². The fraction of sp³-hybridized carbons (Fsp3) is 0.500. The maximum Gasteiger partial charge on any atom is 0.103 e. The number of rotatable bonds is 5. The molecule has 1 atom stereocenters. The molecule has 2 aromatic rings. The van der Waals surface area contributed by atoms with Crippen LogP contribution in [-0.4, -0.2) is 15.0 Å². The zero-order valence-electron chi connectivity index (χ0n) is 12.8. The SMILES string of the molecule is CCc1c(C(N)CC)nnn1-c1ccc(C(C)C)cc1. The van der Waals surface area contributed by atoms with Crippen LogP contribution in [0.25, 0.3) is 5.69 Å². The first-order chi connectivity index (χ1) is 9.58. The van der Waals surface area contributed by atoms with Gasteiger partial charge < -0.3 is 5.73 Å². The Balaban J connectivity index is 2.39. The molecule has 0 aliphatic heterocycles. The lowest BCUT2D eigenvalue weighted by atomic mass is 10.0.